The number of nitrogens with zero attached hydrogens (tertiary/aromatic N) is 4. The Kier molecular flexibility index (Phi) is 4.82. The zero-order chi connectivity index (χ0) is 21.4. The van der Waals surface area contributed by atoms with Crippen molar-refractivity contribution in [2.24, 2.45) is 0 Å². The van der Waals surface area contributed by atoms with Crippen LogP contribution in [0.4, 0.5) is 20.3 Å². The van der Waals surface area contributed by atoms with Crippen LogP contribution in [0.25, 0.3) is 5.52 Å². The van der Waals surface area contributed by atoms with Crippen LogP contribution in [0.5, 0.6) is 0 Å². The van der Waals surface area contributed by atoms with Crippen molar-refractivity contribution in [1.29, 1.82) is 0 Å². The molecule has 1 saturated heterocycles. The predicted octanol–water partition coefficient (Wildman–Crippen LogP) is 4.60. The first-order valence-corrected chi connectivity index (χ1v) is 10.0. The lowest BCUT2D eigenvalue weighted by Crippen LogP contribution is -2.23. The molecule has 1 fully saturated rings. The van der Waals surface area contributed by atoms with E-state index < -0.39 is 11.6 Å². The highest BCUT2D eigenvalue weighted by molar-refractivity contribution is 6.08. The molecule has 0 spiro atoms. The Morgan fingerprint density at radius 2 is 2.03 bits per heavy atom. The molecule has 156 valence electrons. The van der Waals surface area contributed by atoms with Crippen molar-refractivity contribution >= 4 is 22.9 Å². The van der Waals surface area contributed by atoms with E-state index in [0.29, 0.717) is 29.0 Å². The van der Waals surface area contributed by atoms with E-state index in [0.717, 1.165) is 24.6 Å². The summed E-state index contributed by atoms with van der Waals surface area (Å²) < 4.78 is 29.8. The summed E-state index contributed by atoms with van der Waals surface area (Å²) in [5.74, 6) is -0.744. The predicted molar refractivity (Wildman–Crippen MR) is 113 cm³/mol. The van der Waals surface area contributed by atoms with Gasteiger partial charge in [0.25, 0.3) is 5.91 Å². The van der Waals surface area contributed by atoms with Gasteiger partial charge in [-0.3, -0.25) is 4.79 Å². The first-order chi connectivity index (χ1) is 15.1. The second-order valence-corrected chi connectivity index (χ2v) is 7.46. The topological polar surface area (TPSA) is 62.5 Å². The van der Waals surface area contributed by atoms with Crippen LogP contribution in [0.3, 0.4) is 0 Å². The summed E-state index contributed by atoms with van der Waals surface area (Å²) >= 11 is 0. The van der Waals surface area contributed by atoms with Gasteiger partial charge in [0.2, 0.25) is 0 Å². The Hall–Kier alpha value is -3.81. The molecule has 1 aromatic carbocycles. The third kappa shape index (κ3) is 3.61. The van der Waals surface area contributed by atoms with Gasteiger partial charge in [0.05, 0.1) is 23.3 Å². The number of carbonyl (C=O) groups excluding carboxylic acids is 1. The highest BCUT2D eigenvalue weighted by Gasteiger charge is 2.29. The summed E-state index contributed by atoms with van der Waals surface area (Å²) in [7, 11) is 0. The third-order valence-corrected chi connectivity index (χ3v) is 5.56. The van der Waals surface area contributed by atoms with E-state index in [1.54, 1.807) is 35.1 Å². The van der Waals surface area contributed by atoms with Crippen LogP contribution in [0.15, 0.2) is 67.1 Å². The Morgan fingerprint density at radius 1 is 1.13 bits per heavy atom. The number of hydrogen-bond donors (Lipinski definition) is 1. The molecule has 31 heavy (non-hydrogen) atoms. The van der Waals surface area contributed by atoms with Crippen molar-refractivity contribution in [3.63, 3.8) is 0 Å². The molecule has 3 aromatic heterocycles. The maximum absolute atomic E-state index is 14.4. The van der Waals surface area contributed by atoms with Gasteiger partial charge in [0.1, 0.15) is 17.5 Å². The summed E-state index contributed by atoms with van der Waals surface area (Å²) in [4.78, 5) is 18.9. The molecule has 4 aromatic rings. The number of nitrogens with one attached hydrogen (secondary N) is 1. The number of fused-ring (bicyclic) bond motifs is 1. The number of halogens is 2. The molecule has 0 radical (unpaired) electrons. The second kappa shape index (κ2) is 7.79. The van der Waals surface area contributed by atoms with Crippen LogP contribution < -0.4 is 10.2 Å². The lowest BCUT2D eigenvalue weighted by Gasteiger charge is -2.27. The monoisotopic (exact) mass is 419 g/mol. The number of aromatic nitrogens is 3. The van der Waals surface area contributed by atoms with E-state index >= 15 is 0 Å². The zero-order valence-electron chi connectivity index (χ0n) is 16.5. The van der Waals surface area contributed by atoms with Crippen LogP contribution in [0.1, 0.15) is 34.8 Å². The van der Waals surface area contributed by atoms with Gasteiger partial charge < -0.3 is 10.2 Å². The fourth-order valence-electron chi connectivity index (χ4n) is 4.11. The lowest BCUT2D eigenvalue weighted by molar-refractivity contribution is 0.102. The Morgan fingerprint density at radius 3 is 2.87 bits per heavy atom. The molecule has 1 N–H and O–H groups in total. The van der Waals surface area contributed by atoms with Crippen LogP contribution in [-0.2, 0) is 0 Å². The smallest absolute Gasteiger partial charge is 0.260 e. The van der Waals surface area contributed by atoms with Crippen molar-refractivity contribution < 1.29 is 13.6 Å². The number of rotatable bonds is 4. The number of carbonyl (C=O) groups is 1. The zero-order valence-corrected chi connectivity index (χ0v) is 16.5. The van der Waals surface area contributed by atoms with Gasteiger partial charge in [-0.25, -0.2) is 18.3 Å². The van der Waals surface area contributed by atoms with Gasteiger partial charge in [-0.05, 0) is 55.3 Å². The van der Waals surface area contributed by atoms with Crippen LogP contribution >= 0.6 is 0 Å². The molecule has 1 amide bonds. The minimum Gasteiger partial charge on any atom is -0.364 e. The number of anilines is 2. The number of hydrogen-bond acceptors (Lipinski definition) is 4. The van der Waals surface area contributed by atoms with Crippen molar-refractivity contribution in [2.75, 3.05) is 16.8 Å². The fraction of sp³-hybridized carbons (Fsp3) is 0.174. The van der Waals surface area contributed by atoms with E-state index in [1.807, 2.05) is 17.0 Å². The standard InChI is InChI=1S/C23H19F2N5O/c24-15-6-7-19(25)17(12-15)20-4-3-10-29(20)16-8-11-30-21(13-16)18(14-27-30)23(31)28-22-5-1-2-9-26-22/h1-2,5-9,11-14,20H,3-4,10H2,(H,26,28,31)/t20-/m1/s1. The molecule has 1 aliphatic rings. The van der Waals surface area contributed by atoms with Crippen molar-refractivity contribution in [3.05, 3.63) is 89.9 Å². The maximum Gasteiger partial charge on any atom is 0.260 e. The average molecular weight is 419 g/mol. The molecule has 0 saturated carbocycles. The summed E-state index contributed by atoms with van der Waals surface area (Å²) in [6.07, 6.45) is 6.45. The fourth-order valence-corrected chi connectivity index (χ4v) is 4.11. The van der Waals surface area contributed by atoms with Gasteiger partial charge in [0.15, 0.2) is 0 Å². The third-order valence-electron chi connectivity index (χ3n) is 5.56. The lowest BCUT2D eigenvalue weighted by atomic mass is 10.0. The number of benzene rings is 1. The quantitative estimate of drug-likeness (QED) is 0.525. The summed E-state index contributed by atoms with van der Waals surface area (Å²) in [6, 6.07) is 12.3. The Bertz CT molecular complexity index is 1260. The Balaban J connectivity index is 1.49. The molecule has 0 bridgehead atoms. The van der Waals surface area contributed by atoms with Crippen LogP contribution in [0, 0.1) is 11.6 Å². The molecule has 4 heterocycles. The molecule has 5 rings (SSSR count). The van der Waals surface area contributed by atoms with Crippen molar-refractivity contribution in [1.82, 2.24) is 14.6 Å². The van der Waals surface area contributed by atoms with E-state index in [4.69, 9.17) is 0 Å². The first kappa shape index (κ1) is 19.2. The molecule has 8 heteroatoms. The normalized spacial score (nSPS) is 16.1. The first-order valence-electron chi connectivity index (χ1n) is 10.0. The van der Waals surface area contributed by atoms with E-state index in [9.17, 15) is 13.6 Å². The van der Waals surface area contributed by atoms with Crippen LogP contribution in [-0.4, -0.2) is 27.0 Å². The highest BCUT2D eigenvalue weighted by atomic mass is 19.1. The van der Waals surface area contributed by atoms with E-state index in [1.165, 1.54) is 18.3 Å². The van der Waals surface area contributed by atoms with Gasteiger partial charge in [0, 0.05) is 30.2 Å². The summed E-state index contributed by atoms with van der Waals surface area (Å²) in [6.45, 7) is 0.709. The van der Waals surface area contributed by atoms with E-state index in [-0.39, 0.29) is 11.9 Å². The van der Waals surface area contributed by atoms with Crippen molar-refractivity contribution in [2.45, 2.75) is 18.9 Å². The molecule has 0 unspecified atom stereocenters. The largest absolute Gasteiger partial charge is 0.364 e. The average Bonchev–Trinajstić information content (AvgIpc) is 3.43. The van der Waals surface area contributed by atoms with Gasteiger partial charge >= 0.3 is 0 Å². The van der Waals surface area contributed by atoms with Gasteiger partial charge in [-0.2, -0.15) is 5.10 Å². The van der Waals surface area contributed by atoms with Gasteiger partial charge in [-0.15, -0.1) is 0 Å². The second-order valence-electron chi connectivity index (χ2n) is 7.46. The molecular formula is C23H19F2N5O. The summed E-state index contributed by atoms with van der Waals surface area (Å²) in [5, 5.41) is 7.02. The number of pyridine rings is 2. The minimum atomic E-state index is -0.456. The molecular weight excluding hydrogens is 400 g/mol. The summed E-state index contributed by atoms with van der Waals surface area (Å²) in [5.41, 5.74) is 2.20. The maximum atomic E-state index is 14.4. The molecule has 1 aliphatic heterocycles. The molecule has 6 nitrogen and oxygen atoms in total. The Labute approximate surface area is 177 Å². The number of amides is 1. The molecule has 1 atom stereocenters. The minimum absolute atomic E-state index is 0.271. The van der Waals surface area contributed by atoms with E-state index in [2.05, 4.69) is 15.4 Å². The van der Waals surface area contributed by atoms with Crippen LogP contribution in [0.2, 0.25) is 0 Å². The van der Waals surface area contributed by atoms with Gasteiger partial charge in [-0.1, -0.05) is 6.07 Å². The van der Waals surface area contributed by atoms with Crippen molar-refractivity contribution in [3.8, 4) is 0 Å². The SMILES string of the molecule is O=C(Nc1ccccn1)c1cnn2ccc(N3CCC[C@@H]3c3cc(F)ccc3F)cc12. The highest BCUT2D eigenvalue weighted by Crippen LogP contribution is 2.38. The molecule has 0 aliphatic carbocycles.